The molecular formula is C10H11BrFNO. The molecule has 0 spiro atoms. The minimum atomic E-state index is -0.247. The van der Waals surface area contributed by atoms with Crippen LogP contribution in [0.3, 0.4) is 0 Å². The van der Waals surface area contributed by atoms with Gasteiger partial charge in [-0.05, 0) is 41.0 Å². The molecular weight excluding hydrogens is 249 g/mol. The normalized spacial score (nSPS) is 21.4. The molecule has 1 aliphatic rings. The summed E-state index contributed by atoms with van der Waals surface area (Å²) in [5.74, 6) is 0.0214. The molecule has 1 aliphatic heterocycles. The van der Waals surface area contributed by atoms with Gasteiger partial charge in [-0.2, -0.15) is 0 Å². The van der Waals surface area contributed by atoms with Crippen LogP contribution >= 0.6 is 15.9 Å². The van der Waals surface area contributed by atoms with Crippen molar-refractivity contribution in [3.05, 3.63) is 28.0 Å². The van der Waals surface area contributed by atoms with Gasteiger partial charge in [0.05, 0.1) is 4.47 Å². The Kier molecular flexibility index (Phi) is 2.74. The van der Waals surface area contributed by atoms with Crippen LogP contribution in [0.5, 0.6) is 5.75 Å². The van der Waals surface area contributed by atoms with Crippen LogP contribution in [0.4, 0.5) is 4.39 Å². The van der Waals surface area contributed by atoms with Crippen LogP contribution in [-0.4, -0.2) is 18.2 Å². The van der Waals surface area contributed by atoms with E-state index in [0.717, 1.165) is 19.5 Å². The summed E-state index contributed by atoms with van der Waals surface area (Å²) in [7, 11) is 0. The predicted molar refractivity (Wildman–Crippen MR) is 56.0 cm³/mol. The summed E-state index contributed by atoms with van der Waals surface area (Å²) in [6, 6.07) is 2.68. The van der Waals surface area contributed by atoms with Crippen LogP contribution < -0.4 is 5.32 Å². The smallest absolute Gasteiger partial charge is 0.130 e. The largest absolute Gasteiger partial charge is 0.507 e. The molecule has 2 rings (SSSR count). The molecule has 1 unspecified atom stereocenters. The molecule has 76 valence electrons. The highest BCUT2D eigenvalue weighted by Gasteiger charge is 2.23. The van der Waals surface area contributed by atoms with Gasteiger partial charge in [0.25, 0.3) is 0 Å². The summed E-state index contributed by atoms with van der Waals surface area (Å²) in [6.07, 6.45) is 0.916. The topological polar surface area (TPSA) is 32.3 Å². The Morgan fingerprint density at radius 2 is 2.29 bits per heavy atom. The standard InChI is InChI=1S/C10H11BrFNO/c11-10-8(14)2-1-7(12)9(10)6-3-4-13-5-6/h1-2,6,13-14H,3-5H2. The molecule has 0 aliphatic carbocycles. The third kappa shape index (κ3) is 1.64. The monoisotopic (exact) mass is 259 g/mol. The van der Waals surface area contributed by atoms with E-state index in [4.69, 9.17) is 0 Å². The lowest BCUT2D eigenvalue weighted by Crippen LogP contribution is -2.09. The maximum atomic E-state index is 13.5. The van der Waals surface area contributed by atoms with Crippen molar-refractivity contribution < 1.29 is 9.50 Å². The molecule has 14 heavy (non-hydrogen) atoms. The summed E-state index contributed by atoms with van der Waals surface area (Å²) in [5, 5.41) is 12.6. The number of phenolic OH excluding ortho intramolecular Hbond substituents is 1. The van der Waals surface area contributed by atoms with Crippen molar-refractivity contribution in [3.63, 3.8) is 0 Å². The number of nitrogens with one attached hydrogen (secondary N) is 1. The molecule has 1 aromatic carbocycles. The van der Waals surface area contributed by atoms with Gasteiger partial charge in [0.1, 0.15) is 11.6 Å². The van der Waals surface area contributed by atoms with Crippen molar-refractivity contribution in [1.29, 1.82) is 0 Å². The predicted octanol–water partition coefficient (Wildman–Crippen LogP) is 2.37. The van der Waals surface area contributed by atoms with E-state index in [1.54, 1.807) is 0 Å². The van der Waals surface area contributed by atoms with Gasteiger partial charge in [-0.25, -0.2) is 4.39 Å². The van der Waals surface area contributed by atoms with Gasteiger partial charge in [-0.3, -0.25) is 0 Å². The third-order valence-electron chi connectivity index (χ3n) is 2.57. The fourth-order valence-corrected chi connectivity index (χ4v) is 2.48. The zero-order valence-electron chi connectivity index (χ0n) is 7.56. The first-order valence-corrected chi connectivity index (χ1v) is 5.37. The van der Waals surface area contributed by atoms with Gasteiger partial charge >= 0.3 is 0 Å². The molecule has 4 heteroatoms. The average molecular weight is 260 g/mol. The number of benzene rings is 1. The first kappa shape index (κ1) is 9.93. The van der Waals surface area contributed by atoms with Crippen LogP contribution in [0, 0.1) is 5.82 Å². The third-order valence-corrected chi connectivity index (χ3v) is 3.41. The van der Waals surface area contributed by atoms with Crippen LogP contribution in [0.1, 0.15) is 17.9 Å². The van der Waals surface area contributed by atoms with Crippen molar-refractivity contribution in [3.8, 4) is 5.75 Å². The Morgan fingerprint density at radius 3 is 2.93 bits per heavy atom. The van der Waals surface area contributed by atoms with Crippen molar-refractivity contribution in [1.82, 2.24) is 5.32 Å². The first-order valence-electron chi connectivity index (χ1n) is 4.57. The summed E-state index contributed by atoms with van der Waals surface area (Å²) < 4.78 is 14.0. The van der Waals surface area contributed by atoms with Gasteiger partial charge in [0, 0.05) is 18.0 Å². The van der Waals surface area contributed by atoms with E-state index >= 15 is 0 Å². The second-order valence-corrected chi connectivity index (χ2v) is 4.28. The number of hydrogen-bond acceptors (Lipinski definition) is 2. The molecule has 1 fully saturated rings. The van der Waals surface area contributed by atoms with E-state index in [0.29, 0.717) is 10.0 Å². The van der Waals surface area contributed by atoms with Crippen LogP contribution in [-0.2, 0) is 0 Å². The van der Waals surface area contributed by atoms with E-state index in [2.05, 4.69) is 21.2 Å². The molecule has 1 aromatic rings. The zero-order valence-corrected chi connectivity index (χ0v) is 9.14. The fraction of sp³-hybridized carbons (Fsp3) is 0.400. The van der Waals surface area contributed by atoms with E-state index < -0.39 is 0 Å². The maximum absolute atomic E-state index is 13.5. The Hall–Kier alpha value is -0.610. The second-order valence-electron chi connectivity index (χ2n) is 3.48. The Labute approximate surface area is 90.3 Å². The van der Waals surface area contributed by atoms with Crippen molar-refractivity contribution in [2.24, 2.45) is 0 Å². The maximum Gasteiger partial charge on any atom is 0.130 e. The number of rotatable bonds is 1. The lowest BCUT2D eigenvalue weighted by atomic mass is 9.97. The van der Waals surface area contributed by atoms with Crippen LogP contribution in [0.15, 0.2) is 16.6 Å². The van der Waals surface area contributed by atoms with Crippen LogP contribution in [0.2, 0.25) is 0 Å². The number of phenols is 1. The number of hydrogen-bond donors (Lipinski definition) is 2. The van der Waals surface area contributed by atoms with Crippen molar-refractivity contribution in [2.75, 3.05) is 13.1 Å². The lowest BCUT2D eigenvalue weighted by Gasteiger charge is -2.13. The number of halogens is 2. The first-order chi connectivity index (χ1) is 6.70. The Morgan fingerprint density at radius 1 is 1.50 bits per heavy atom. The highest BCUT2D eigenvalue weighted by atomic mass is 79.9. The minimum absolute atomic E-state index is 0.105. The van der Waals surface area contributed by atoms with Gasteiger partial charge in [-0.15, -0.1) is 0 Å². The molecule has 0 radical (unpaired) electrons. The molecule has 0 saturated carbocycles. The Bertz CT molecular complexity index is 350. The van der Waals surface area contributed by atoms with Gasteiger partial charge in [0.15, 0.2) is 0 Å². The SMILES string of the molecule is Oc1ccc(F)c(C2CCNC2)c1Br. The molecule has 2 nitrogen and oxygen atoms in total. The van der Waals surface area contributed by atoms with Crippen molar-refractivity contribution in [2.45, 2.75) is 12.3 Å². The fourth-order valence-electron chi connectivity index (χ4n) is 1.83. The van der Waals surface area contributed by atoms with E-state index in [-0.39, 0.29) is 17.5 Å². The quantitative estimate of drug-likeness (QED) is 0.812. The molecule has 0 aromatic heterocycles. The summed E-state index contributed by atoms with van der Waals surface area (Å²) in [5.41, 5.74) is 0.593. The Balaban J connectivity index is 2.44. The highest BCUT2D eigenvalue weighted by molar-refractivity contribution is 9.10. The lowest BCUT2D eigenvalue weighted by molar-refractivity contribution is 0.465. The van der Waals surface area contributed by atoms with Gasteiger partial charge in [-0.1, -0.05) is 0 Å². The summed E-state index contributed by atoms with van der Waals surface area (Å²) in [4.78, 5) is 0. The average Bonchev–Trinajstić information content (AvgIpc) is 2.65. The highest BCUT2D eigenvalue weighted by Crippen LogP contribution is 2.36. The molecule has 0 bridgehead atoms. The molecule has 0 amide bonds. The van der Waals surface area contributed by atoms with Gasteiger partial charge in [0.2, 0.25) is 0 Å². The zero-order chi connectivity index (χ0) is 10.1. The molecule has 1 saturated heterocycles. The summed E-state index contributed by atoms with van der Waals surface area (Å²) in [6.45, 7) is 1.69. The summed E-state index contributed by atoms with van der Waals surface area (Å²) >= 11 is 3.22. The van der Waals surface area contributed by atoms with E-state index in [1.165, 1.54) is 12.1 Å². The second kappa shape index (κ2) is 3.87. The molecule has 1 heterocycles. The van der Waals surface area contributed by atoms with Crippen LogP contribution in [0.25, 0.3) is 0 Å². The van der Waals surface area contributed by atoms with E-state index in [9.17, 15) is 9.50 Å². The molecule has 2 N–H and O–H groups in total. The molecule has 1 atom stereocenters. The minimum Gasteiger partial charge on any atom is -0.507 e. The number of aromatic hydroxyl groups is 1. The van der Waals surface area contributed by atoms with Crippen molar-refractivity contribution >= 4 is 15.9 Å². The van der Waals surface area contributed by atoms with Gasteiger partial charge < -0.3 is 10.4 Å². The van der Waals surface area contributed by atoms with E-state index in [1.807, 2.05) is 0 Å².